The van der Waals surface area contributed by atoms with Gasteiger partial charge in [-0.15, -0.1) is 0 Å². The fraction of sp³-hybridized carbons (Fsp3) is 0.875. The molecule has 102 valence electrons. The van der Waals surface area contributed by atoms with Crippen LogP contribution in [0.15, 0.2) is 0 Å². The van der Waals surface area contributed by atoms with E-state index in [2.05, 4.69) is 0 Å². The minimum Gasteiger partial charge on any atom is -0.480 e. The number of halogens is 3. The summed E-state index contributed by atoms with van der Waals surface area (Å²) in [6, 6.07) is -1.51. The molecule has 0 aromatic rings. The Morgan fingerprint density at radius 1 is 1.41 bits per heavy atom. The Labute approximate surface area is 97.1 Å². The van der Waals surface area contributed by atoms with E-state index in [1.165, 1.54) is 4.72 Å². The molecule has 0 heterocycles. The van der Waals surface area contributed by atoms with Gasteiger partial charge in [-0.3, -0.25) is 4.79 Å². The van der Waals surface area contributed by atoms with Crippen LogP contribution in [0.25, 0.3) is 0 Å². The minimum atomic E-state index is -4.89. The van der Waals surface area contributed by atoms with Crippen molar-refractivity contribution in [3.63, 3.8) is 0 Å². The number of sulfonamides is 1. The smallest absolute Gasteiger partial charge is 0.404 e. The van der Waals surface area contributed by atoms with Gasteiger partial charge in [0.25, 0.3) is 0 Å². The van der Waals surface area contributed by atoms with Crippen LogP contribution >= 0.6 is 0 Å². The first-order valence-corrected chi connectivity index (χ1v) is 6.52. The van der Waals surface area contributed by atoms with Gasteiger partial charge in [0, 0.05) is 0 Å². The average Bonchev–Trinajstić information content (AvgIpc) is 2.07. The molecule has 2 N–H and O–H groups in total. The summed E-state index contributed by atoms with van der Waals surface area (Å²) in [4.78, 5) is 10.6. The third kappa shape index (κ3) is 7.97. The molecule has 1 unspecified atom stereocenters. The van der Waals surface area contributed by atoms with Crippen LogP contribution in [0.1, 0.15) is 26.2 Å². The number of unbranched alkanes of at least 4 members (excludes halogenated alkanes) is 1. The SMILES string of the molecule is CCCCC(NS(=O)(=O)CC(F)(F)F)C(=O)O. The molecule has 0 amide bonds. The summed E-state index contributed by atoms with van der Waals surface area (Å²) in [6.45, 7) is 1.75. The maximum Gasteiger partial charge on any atom is 0.404 e. The number of hydrogen-bond acceptors (Lipinski definition) is 3. The molecule has 5 nitrogen and oxygen atoms in total. The van der Waals surface area contributed by atoms with Crippen molar-refractivity contribution in [1.29, 1.82) is 0 Å². The highest BCUT2D eigenvalue weighted by atomic mass is 32.2. The molecule has 0 saturated heterocycles. The summed E-state index contributed by atoms with van der Waals surface area (Å²) < 4.78 is 59.3. The third-order valence-electron chi connectivity index (χ3n) is 1.82. The maximum atomic E-state index is 11.9. The number of alkyl halides is 3. The normalized spacial score (nSPS) is 14.6. The highest BCUT2D eigenvalue weighted by Gasteiger charge is 2.37. The van der Waals surface area contributed by atoms with E-state index >= 15 is 0 Å². The summed E-state index contributed by atoms with van der Waals surface area (Å²) in [6.07, 6.45) is -3.90. The Morgan fingerprint density at radius 3 is 2.29 bits per heavy atom. The molecule has 0 aromatic heterocycles. The second-order valence-electron chi connectivity index (χ2n) is 3.53. The average molecular weight is 277 g/mol. The van der Waals surface area contributed by atoms with E-state index < -0.39 is 34.0 Å². The van der Waals surface area contributed by atoms with E-state index in [4.69, 9.17) is 5.11 Å². The standard InChI is InChI=1S/C8H14F3NO4S/c1-2-3-4-6(7(13)14)12-17(15,16)5-8(9,10)11/h6,12H,2-5H2,1H3,(H,13,14). The van der Waals surface area contributed by atoms with E-state index in [0.717, 1.165) is 0 Å². The molecule has 0 rings (SSSR count). The molecule has 0 radical (unpaired) electrons. The van der Waals surface area contributed by atoms with Crippen molar-refractivity contribution >= 4 is 16.0 Å². The number of rotatable bonds is 7. The first-order valence-electron chi connectivity index (χ1n) is 4.87. The lowest BCUT2D eigenvalue weighted by Crippen LogP contribution is -2.44. The van der Waals surface area contributed by atoms with Gasteiger partial charge in [-0.1, -0.05) is 19.8 Å². The maximum absolute atomic E-state index is 11.9. The monoisotopic (exact) mass is 277 g/mol. The Bertz CT molecular complexity index is 352. The van der Waals surface area contributed by atoms with Crippen LogP contribution in [-0.4, -0.2) is 37.5 Å². The van der Waals surface area contributed by atoms with Crippen LogP contribution in [0.4, 0.5) is 13.2 Å². The number of aliphatic carboxylic acids is 1. The first-order chi connectivity index (χ1) is 7.57. The van der Waals surface area contributed by atoms with Gasteiger partial charge >= 0.3 is 12.1 Å². The molecule has 1 atom stereocenters. The quantitative estimate of drug-likeness (QED) is 0.730. The molecule has 0 bridgehead atoms. The third-order valence-corrected chi connectivity index (χ3v) is 3.17. The van der Waals surface area contributed by atoms with E-state index in [-0.39, 0.29) is 6.42 Å². The summed E-state index contributed by atoms with van der Waals surface area (Å²) in [7, 11) is -4.67. The predicted octanol–water partition coefficient (Wildman–Crippen LogP) is 1.11. The summed E-state index contributed by atoms with van der Waals surface area (Å²) >= 11 is 0. The second-order valence-corrected chi connectivity index (χ2v) is 5.28. The Hall–Kier alpha value is -0.830. The van der Waals surface area contributed by atoms with Gasteiger partial charge < -0.3 is 5.11 Å². The lowest BCUT2D eigenvalue weighted by atomic mass is 10.1. The highest BCUT2D eigenvalue weighted by molar-refractivity contribution is 7.89. The van der Waals surface area contributed by atoms with Gasteiger partial charge in [0.2, 0.25) is 10.0 Å². The van der Waals surface area contributed by atoms with E-state index in [9.17, 15) is 26.4 Å². The summed E-state index contributed by atoms with van der Waals surface area (Å²) in [5.41, 5.74) is 0. The first kappa shape index (κ1) is 16.2. The van der Waals surface area contributed by atoms with Crippen molar-refractivity contribution in [1.82, 2.24) is 4.72 Å². The lowest BCUT2D eigenvalue weighted by Gasteiger charge is -2.15. The second kappa shape index (κ2) is 6.20. The van der Waals surface area contributed by atoms with E-state index in [1.54, 1.807) is 6.92 Å². The fourth-order valence-electron chi connectivity index (χ4n) is 1.11. The molecule has 0 aromatic carbocycles. The molecule has 0 aliphatic heterocycles. The van der Waals surface area contributed by atoms with Crippen molar-refractivity contribution in [2.24, 2.45) is 0 Å². The fourth-order valence-corrected chi connectivity index (χ4v) is 2.28. The van der Waals surface area contributed by atoms with Gasteiger partial charge in [0.05, 0.1) is 0 Å². The largest absolute Gasteiger partial charge is 0.480 e. The molecule has 17 heavy (non-hydrogen) atoms. The van der Waals surface area contributed by atoms with Crippen molar-refractivity contribution in [2.75, 3.05) is 5.75 Å². The molecule has 0 aliphatic carbocycles. The molecule has 0 aliphatic rings. The van der Waals surface area contributed by atoms with Gasteiger partial charge in [-0.25, -0.2) is 13.1 Å². The van der Waals surface area contributed by atoms with Crippen molar-refractivity contribution < 1.29 is 31.5 Å². The van der Waals surface area contributed by atoms with Crippen molar-refractivity contribution in [3.8, 4) is 0 Å². The molecule has 0 spiro atoms. The summed E-state index contributed by atoms with van der Waals surface area (Å²) in [5.74, 6) is -3.56. The minimum absolute atomic E-state index is 0.0388. The Morgan fingerprint density at radius 2 is 1.94 bits per heavy atom. The van der Waals surface area contributed by atoms with Gasteiger partial charge in [-0.05, 0) is 6.42 Å². The zero-order chi connectivity index (χ0) is 13.7. The van der Waals surface area contributed by atoms with Crippen LogP contribution < -0.4 is 4.72 Å². The topological polar surface area (TPSA) is 83.5 Å². The van der Waals surface area contributed by atoms with Crippen molar-refractivity contribution in [3.05, 3.63) is 0 Å². The number of carboxylic acid groups (broad SMARTS) is 1. The number of carbonyl (C=O) groups is 1. The van der Waals surface area contributed by atoms with E-state index in [1.807, 2.05) is 0 Å². The van der Waals surface area contributed by atoms with E-state index in [0.29, 0.717) is 12.8 Å². The zero-order valence-electron chi connectivity index (χ0n) is 9.12. The van der Waals surface area contributed by atoms with Crippen molar-refractivity contribution in [2.45, 2.75) is 38.4 Å². The highest BCUT2D eigenvalue weighted by Crippen LogP contribution is 2.17. The molecule has 0 fully saturated rings. The molecule has 9 heteroatoms. The Kier molecular flexibility index (Phi) is 5.89. The van der Waals surface area contributed by atoms with Crippen LogP contribution in [0.2, 0.25) is 0 Å². The predicted molar refractivity (Wildman–Crippen MR) is 53.9 cm³/mol. The van der Waals surface area contributed by atoms with Gasteiger partial charge in [0.15, 0.2) is 5.75 Å². The van der Waals surface area contributed by atoms with Gasteiger partial charge in [-0.2, -0.15) is 13.2 Å². The van der Waals surface area contributed by atoms with Crippen LogP contribution in [0.5, 0.6) is 0 Å². The number of hydrogen-bond donors (Lipinski definition) is 2. The van der Waals surface area contributed by atoms with Crippen LogP contribution in [0, 0.1) is 0 Å². The van der Waals surface area contributed by atoms with Crippen LogP contribution in [-0.2, 0) is 14.8 Å². The summed E-state index contributed by atoms with van der Waals surface area (Å²) in [5, 5.41) is 8.65. The zero-order valence-corrected chi connectivity index (χ0v) is 9.94. The Balaban J connectivity index is 4.59. The molecular weight excluding hydrogens is 263 g/mol. The van der Waals surface area contributed by atoms with Crippen LogP contribution in [0.3, 0.4) is 0 Å². The molecular formula is C8H14F3NO4S. The van der Waals surface area contributed by atoms with Gasteiger partial charge in [0.1, 0.15) is 6.04 Å². The molecule has 0 saturated carbocycles. The lowest BCUT2D eigenvalue weighted by molar-refractivity contribution is -0.139. The number of nitrogens with one attached hydrogen (secondary N) is 1. The number of carboxylic acids is 1.